The quantitative estimate of drug-likeness (QED) is 0.442. The largest absolute Gasteiger partial charge is 0.475 e. The van der Waals surface area contributed by atoms with E-state index in [2.05, 4.69) is 31.5 Å². The molecule has 1 atom stereocenters. The van der Waals surface area contributed by atoms with Crippen LogP contribution in [-0.4, -0.2) is 43.0 Å². The Morgan fingerprint density at radius 2 is 2.14 bits per heavy atom. The molecule has 1 aliphatic rings. The zero-order valence-corrected chi connectivity index (χ0v) is 18.2. The number of nitrogens with zero attached hydrogens (tertiary/aromatic N) is 2. The maximum atomic E-state index is 12.6. The van der Waals surface area contributed by atoms with E-state index in [0.717, 1.165) is 55.6 Å². The van der Waals surface area contributed by atoms with E-state index < -0.39 is 5.60 Å². The molecule has 0 aromatic heterocycles. The molecule has 0 saturated heterocycles. The van der Waals surface area contributed by atoms with Crippen molar-refractivity contribution in [2.45, 2.75) is 71.6 Å². The van der Waals surface area contributed by atoms with Gasteiger partial charge in [0.25, 0.3) is 0 Å². The normalized spacial score (nSPS) is 15.1. The number of benzene rings is 1. The summed E-state index contributed by atoms with van der Waals surface area (Å²) in [6.07, 6.45) is 6.71. The van der Waals surface area contributed by atoms with Crippen molar-refractivity contribution in [3.63, 3.8) is 0 Å². The van der Waals surface area contributed by atoms with Crippen molar-refractivity contribution in [1.29, 1.82) is 0 Å². The molecule has 1 amide bonds. The molecule has 156 valence electrons. The molecule has 1 heterocycles. The predicted octanol–water partition coefficient (Wildman–Crippen LogP) is 5.39. The van der Waals surface area contributed by atoms with Gasteiger partial charge in [-0.25, -0.2) is 4.79 Å². The fourth-order valence-corrected chi connectivity index (χ4v) is 3.38. The molecule has 0 radical (unpaired) electrons. The second-order valence-electron chi connectivity index (χ2n) is 8.47. The van der Waals surface area contributed by atoms with Crippen LogP contribution in [0, 0.1) is 0 Å². The Hall–Kier alpha value is -2.01. The van der Waals surface area contributed by atoms with Gasteiger partial charge >= 0.3 is 6.09 Å². The minimum atomic E-state index is -0.500. The summed E-state index contributed by atoms with van der Waals surface area (Å²) < 4.78 is 11.9. The lowest BCUT2D eigenvalue weighted by molar-refractivity contribution is 0.0443. The number of rotatable bonds is 8. The highest BCUT2D eigenvalue weighted by Crippen LogP contribution is 2.32. The molecule has 5 nitrogen and oxygen atoms in total. The van der Waals surface area contributed by atoms with E-state index in [9.17, 15) is 4.79 Å². The molecule has 0 fully saturated rings. The molecule has 5 heteroatoms. The average molecular weight is 389 g/mol. The fourth-order valence-electron chi connectivity index (χ4n) is 3.38. The zero-order valence-electron chi connectivity index (χ0n) is 18.2. The highest BCUT2D eigenvalue weighted by atomic mass is 16.6. The van der Waals surface area contributed by atoms with Gasteiger partial charge in [-0.15, -0.1) is 6.58 Å². The van der Waals surface area contributed by atoms with Gasteiger partial charge in [-0.2, -0.15) is 0 Å². The van der Waals surface area contributed by atoms with Crippen LogP contribution in [0.5, 0.6) is 5.75 Å². The highest BCUT2D eigenvalue weighted by Gasteiger charge is 2.27. The highest BCUT2D eigenvalue weighted by molar-refractivity contribution is 5.89. The van der Waals surface area contributed by atoms with Crippen molar-refractivity contribution >= 4 is 11.8 Å². The smallest absolute Gasteiger partial charge is 0.414 e. The number of amides is 1. The van der Waals surface area contributed by atoms with Gasteiger partial charge in [-0.05, 0) is 77.3 Å². The van der Waals surface area contributed by atoms with Gasteiger partial charge < -0.3 is 9.47 Å². The van der Waals surface area contributed by atoms with Crippen LogP contribution < -0.4 is 9.64 Å². The predicted molar refractivity (Wildman–Crippen MR) is 115 cm³/mol. The Morgan fingerprint density at radius 3 is 2.79 bits per heavy atom. The van der Waals surface area contributed by atoms with Crippen LogP contribution in [0.2, 0.25) is 0 Å². The molecule has 1 aliphatic heterocycles. The molecular formula is C23H36N2O3. The SMILES string of the molecule is C=CCN(C)C(CCCC)Oc1ccc2c(c1)CCCN2C(=O)OC(C)(C)C. The Labute approximate surface area is 170 Å². The first kappa shape index (κ1) is 22.3. The first-order chi connectivity index (χ1) is 13.2. The molecule has 0 bridgehead atoms. The third kappa shape index (κ3) is 6.26. The van der Waals surface area contributed by atoms with E-state index in [-0.39, 0.29) is 12.3 Å². The molecule has 1 aromatic rings. The lowest BCUT2D eigenvalue weighted by Crippen LogP contribution is -2.40. The summed E-state index contributed by atoms with van der Waals surface area (Å²) in [5.74, 6) is 0.849. The van der Waals surface area contributed by atoms with E-state index >= 15 is 0 Å². The van der Waals surface area contributed by atoms with Crippen molar-refractivity contribution in [2.24, 2.45) is 0 Å². The number of ether oxygens (including phenoxy) is 2. The molecule has 0 N–H and O–H groups in total. The van der Waals surface area contributed by atoms with Crippen molar-refractivity contribution in [1.82, 2.24) is 4.90 Å². The number of likely N-dealkylation sites (N-methyl/N-ethyl adjacent to an activating group) is 1. The van der Waals surface area contributed by atoms with Crippen molar-refractivity contribution in [3.05, 3.63) is 36.4 Å². The van der Waals surface area contributed by atoms with E-state index in [4.69, 9.17) is 9.47 Å². The van der Waals surface area contributed by atoms with E-state index in [1.165, 1.54) is 0 Å². The van der Waals surface area contributed by atoms with Crippen molar-refractivity contribution < 1.29 is 14.3 Å². The standard InChI is InChI=1S/C23H36N2O3/c1-7-9-12-21(24(6)15-8-2)27-19-13-14-20-18(17-19)11-10-16-25(20)22(26)28-23(3,4)5/h8,13-14,17,21H,2,7,9-12,15-16H2,1,3-6H3. The summed E-state index contributed by atoms with van der Waals surface area (Å²) >= 11 is 0. The number of fused-ring (bicyclic) bond motifs is 1. The molecule has 1 unspecified atom stereocenters. The number of carbonyl (C=O) groups is 1. The first-order valence-corrected chi connectivity index (χ1v) is 10.4. The lowest BCUT2D eigenvalue weighted by atomic mass is 10.0. The molecular weight excluding hydrogens is 352 g/mol. The van der Waals surface area contributed by atoms with Crippen molar-refractivity contribution in [3.8, 4) is 5.75 Å². The Kier molecular flexibility index (Phi) is 7.93. The van der Waals surface area contributed by atoms with Gasteiger partial charge in [0.2, 0.25) is 0 Å². The molecule has 2 rings (SSSR count). The second kappa shape index (κ2) is 9.97. The van der Waals surface area contributed by atoms with Crippen LogP contribution >= 0.6 is 0 Å². The summed E-state index contributed by atoms with van der Waals surface area (Å²) in [4.78, 5) is 16.5. The summed E-state index contributed by atoms with van der Waals surface area (Å²) in [7, 11) is 2.06. The first-order valence-electron chi connectivity index (χ1n) is 10.4. The van der Waals surface area contributed by atoms with Crippen LogP contribution in [0.15, 0.2) is 30.9 Å². The van der Waals surface area contributed by atoms with Gasteiger partial charge in [0, 0.05) is 13.1 Å². The summed E-state index contributed by atoms with van der Waals surface area (Å²) in [5, 5.41) is 0. The van der Waals surface area contributed by atoms with E-state index in [1.807, 2.05) is 39.0 Å². The lowest BCUT2D eigenvalue weighted by Gasteiger charge is -2.32. The summed E-state index contributed by atoms with van der Waals surface area (Å²) in [6, 6.07) is 6.02. The van der Waals surface area contributed by atoms with Crippen LogP contribution in [0.4, 0.5) is 10.5 Å². The van der Waals surface area contributed by atoms with Crippen LogP contribution in [0.1, 0.15) is 58.9 Å². The van der Waals surface area contributed by atoms with E-state index in [0.29, 0.717) is 6.54 Å². The third-order valence-corrected chi connectivity index (χ3v) is 4.77. The monoisotopic (exact) mass is 388 g/mol. The number of unbranched alkanes of at least 4 members (excludes halogenated alkanes) is 1. The number of aryl methyl sites for hydroxylation is 1. The van der Waals surface area contributed by atoms with Gasteiger partial charge in [-0.3, -0.25) is 9.80 Å². The number of anilines is 1. The minimum absolute atomic E-state index is 0.0153. The fraction of sp³-hybridized carbons (Fsp3) is 0.609. The maximum Gasteiger partial charge on any atom is 0.414 e. The van der Waals surface area contributed by atoms with Gasteiger partial charge in [0.15, 0.2) is 6.23 Å². The van der Waals surface area contributed by atoms with E-state index in [1.54, 1.807) is 4.90 Å². The summed E-state index contributed by atoms with van der Waals surface area (Å²) in [5.41, 5.74) is 1.56. The average Bonchev–Trinajstić information content (AvgIpc) is 2.63. The number of hydrogen-bond acceptors (Lipinski definition) is 4. The molecule has 0 saturated carbocycles. The maximum absolute atomic E-state index is 12.6. The van der Waals surface area contributed by atoms with Crippen LogP contribution in [-0.2, 0) is 11.2 Å². The van der Waals surface area contributed by atoms with Crippen molar-refractivity contribution in [2.75, 3.05) is 25.0 Å². The minimum Gasteiger partial charge on any atom is -0.475 e. The molecule has 28 heavy (non-hydrogen) atoms. The zero-order chi connectivity index (χ0) is 20.7. The van der Waals surface area contributed by atoms with Crippen LogP contribution in [0.3, 0.4) is 0 Å². The Morgan fingerprint density at radius 1 is 1.39 bits per heavy atom. The topological polar surface area (TPSA) is 42.0 Å². The third-order valence-electron chi connectivity index (χ3n) is 4.77. The summed E-state index contributed by atoms with van der Waals surface area (Å²) in [6.45, 7) is 13.2. The van der Waals surface area contributed by atoms with Gasteiger partial charge in [-0.1, -0.05) is 19.4 Å². The number of carbonyl (C=O) groups excluding carboxylic acids is 1. The molecule has 1 aromatic carbocycles. The van der Waals surface area contributed by atoms with Crippen LogP contribution in [0.25, 0.3) is 0 Å². The Bertz CT molecular complexity index is 666. The Balaban J connectivity index is 2.16. The van der Waals surface area contributed by atoms with Gasteiger partial charge in [0.05, 0.1) is 5.69 Å². The molecule has 0 aliphatic carbocycles. The van der Waals surface area contributed by atoms with Gasteiger partial charge in [0.1, 0.15) is 11.4 Å². The molecule has 0 spiro atoms. The number of hydrogen-bond donors (Lipinski definition) is 0. The second-order valence-corrected chi connectivity index (χ2v) is 8.47.